The number of carbonyl (C=O) groups is 1. The summed E-state index contributed by atoms with van der Waals surface area (Å²) in [5, 5.41) is 0.189. The zero-order valence-corrected chi connectivity index (χ0v) is 11.7. The Labute approximate surface area is 120 Å². The first kappa shape index (κ1) is 14.3. The van der Waals surface area contributed by atoms with Gasteiger partial charge in [-0.25, -0.2) is 4.39 Å². The lowest BCUT2D eigenvalue weighted by Crippen LogP contribution is -2.05. The molecule has 20 heavy (non-hydrogen) atoms. The minimum atomic E-state index is -0.523. The van der Waals surface area contributed by atoms with Gasteiger partial charge in [0.05, 0.1) is 24.8 Å². The minimum absolute atomic E-state index is 0.0927. The molecule has 0 amide bonds. The molecule has 0 saturated heterocycles. The van der Waals surface area contributed by atoms with Crippen molar-refractivity contribution in [1.82, 2.24) is 0 Å². The van der Waals surface area contributed by atoms with E-state index in [-0.39, 0.29) is 10.6 Å². The third-order valence-corrected chi connectivity index (χ3v) is 3.16. The van der Waals surface area contributed by atoms with Gasteiger partial charge in [0, 0.05) is 11.6 Å². The maximum absolute atomic E-state index is 13.3. The summed E-state index contributed by atoms with van der Waals surface area (Å²) in [7, 11) is 2.96. The van der Waals surface area contributed by atoms with Crippen molar-refractivity contribution in [2.24, 2.45) is 0 Å². The Bertz CT molecular complexity index is 656. The smallest absolute Gasteiger partial charge is 0.198 e. The zero-order valence-electron chi connectivity index (χ0n) is 10.9. The van der Waals surface area contributed by atoms with E-state index in [0.29, 0.717) is 17.1 Å². The number of methoxy groups -OCH3 is 2. The highest BCUT2D eigenvalue weighted by Crippen LogP contribution is 2.29. The van der Waals surface area contributed by atoms with E-state index in [1.54, 1.807) is 18.2 Å². The Kier molecular flexibility index (Phi) is 4.25. The van der Waals surface area contributed by atoms with Crippen LogP contribution in [-0.4, -0.2) is 20.0 Å². The van der Waals surface area contributed by atoms with Crippen molar-refractivity contribution in [2.45, 2.75) is 0 Å². The van der Waals surface area contributed by atoms with Gasteiger partial charge in [-0.1, -0.05) is 11.6 Å². The van der Waals surface area contributed by atoms with Crippen LogP contribution in [0.1, 0.15) is 15.9 Å². The molecule has 0 radical (unpaired) electrons. The fraction of sp³-hybridized carbons (Fsp3) is 0.133. The summed E-state index contributed by atoms with van der Waals surface area (Å²) in [5.41, 5.74) is 0.385. The van der Waals surface area contributed by atoms with Gasteiger partial charge in [-0.05, 0) is 30.3 Å². The predicted octanol–water partition coefficient (Wildman–Crippen LogP) is 3.73. The van der Waals surface area contributed by atoms with Gasteiger partial charge >= 0.3 is 0 Å². The van der Waals surface area contributed by atoms with E-state index >= 15 is 0 Å². The molecule has 0 heterocycles. The number of carbonyl (C=O) groups excluding carboxylic acids is 1. The second-order valence-corrected chi connectivity index (χ2v) is 4.43. The number of halogens is 2. The number of ketones is 1. The van der Waals surface area contributed by atoms with Gasteiger partial charge < -0.3 is 9.47 Å². The van der Waals surface area contributed by atoms with Crippen LogP contribution in [0.5, 0.6) is 11.5 Å². The number of benzene rings is 2. The Morgan fingerprint density at radius 2 is 1.80 bits per heavy atom. The van der Waals surface area contributed by atoms with Crippen molar-refractivity contribution in [3.05, 3.63) is 58.4 Å². The molecule has 2 aromatic rings. The third-order valence-electron chi connectivity index (χ3n) is 2.83. The van der Waals surface area contributed by atoms with Gasteiger partial charge in [0.15, 0.2) is 5.78 Å². The molecule has 0 saturated carbocycles. The van der Waals surface area contributed by atoms with E-state index < -0.39 is 11.6 Å². The van der Waals surface area contributed by atoms with Gasteiger partial charge in [-0.15, -0.1) is 0 Å². The fourth-order valence-corrected chi connectivity index (χ4v) is 2.01. The molecule has 0 spiro atoms. The van der Waals surface area contributed by atoms with E-state index in [9.17, 15) is 9.18 Å². The molecule has 0 aromatic heterocycles. The SMILES string of the molecule is COc1ccc(C(=O)c2cc(F)ccc2Cl)c(OC)c1. The maximum atomic E-state index is 13.3. The molecule has 0 aliphatic rings. The van der Waals surface area contributed by atoms with Crippen LogP contribution >= 0.6 is 11.6 Å². The maximum Gasteiger partial charge on any atom is 0.198 e. The topological polar surface area (TPSA) is 35.5 Å². The predicted molar refractivity (Wildman–Crippen MR) is 74.4 cm³/mol. The van der Waals surface area contributed by atoms with Gasteiger partial charge in [-0.3, -0.25) is 4.79 Å². The van der Waals surface area contributed by atoms with Crippen molar-refractivity contribution in [3.8, 4) is 11.5 Å². The van der Waals surface area contributed by atoms with Crippen LogP contribution in [-0.2, 0) is 0 Å². The van der Waals surface area contributed by atoms with Crippen LogP contribution in [0.4, 0.5) is 4.39 Å². The minimum Gasteiger partial charge on any atom is -0.497 e. The van der Waals surface area contributed by atoms with E-state index in [1.165, 1.54) is 26.4 Å². The fourth-order valence-electron chi connectivity index (χ4n) is 1.80. The molecule has 0 N–H and O–H groups in total. The quantitative estimate of drug-likeness (QED) is 0.806. The third kappa shape index (κ3) is 2.75. The monoisotopic (exact) mass is 294 g/mol. The molecule has 2 rings (SSSR count). The lowest BCUT2D eigenvalue weighted by atomic mass is 10.0. The van der Waals surface area contributed by atoms with Gasteiger partial charge in [-0.2, -0.15) is 0 Å². The van der Waals surface area contributed by atoms with Crippen LogP contribution < -0.4 is 9.47 Å². The van der Waals surface area contributed by atoms with E-state index in [4.69, 9.17) is 21.1 Å². The number of hydrogen-bond donors (Lipinski definition) is 0. The van der Waals surface area contributed by atoms with Crippen molar-refractivity contribution in [2.75, 3.05) is 14.2 Å². The standard InChI is InChI=1S/C15H12ClFO3/c1-19-10-4-5-11(14(8-10)20-2)15(18)12-7-9(17)3-6-13(12)16/h3-8H,1-2H3. The molecular formula is C15H12ClFO3. The van der Waals surface area contributed by atoms with Crippen LogP contribution in [0.3, 0.4) is 0 Å². The number of hydrogen-bond acceptors (Lipinski definition) is 3. The summed E-state index contributed by atoms with van der Waals surface area (Å²) in [5.74, 6) is -0.0300. The summed E-state index contributed by atoms with van der Waals surface area (Å²) in [6.07, 6.45) is 0. The highest BCUT2D eigenvalue weighted by atomic mass is 35.5. The Balaban J connectivity index is 2.50. The summed E-state index contributed by atoms with van der Waals surface area (Å²) in [4.78, 5) is 12.4. The van der Waals surface area contributed by atoms with Crippen molar-refractivity contribution in [3.63, 3.8) is 0 Å². The Morgan fingerprint density at radius 1 is 1.05 bits per heavy atom. The van der Waals surface area contributed by atoms with Crippen LogP contribution in [0.2, 0.25) is 5.02 Å². The van der Waals surface area contributed by atoms with Crippen LogP contribution in [0.25, 0.3) is 0 Å². The summed E-state index contributed by atoms with van der Waals surface area (Å²) >= 11 is 5.94. The molecule has 104 valence electrons. The molecular weight excluding hydrogens is 283 g/mol. The first-order chi connectivity index (χ1) is 9.56. The second kappa shape index (κ2) is 5.92. The largest absolute Gasteiger partial charge is 0.497 e. The molecule has 0 aliphatic carbocycles. The van der Waals surface area contributed by atoms with E-state index in [2.05, 4.69) is 0 Å². The van der Waals surface area contributed by atoms with Crippen molar-refractivity contribution >= 4 is 17.4 Å². The van der Waals surface area contributed by atoms with Crippen molar-refractivity contribution in [1.29, 1.82) is 0 Å². The average Bonchev–Trinajstić information content (AvgIpc) is 2.48. The summed E-state index contributed by atoms with van der Waals surface area (Å²) in [6, 6.07) is 8.42. The summed E-state index contributed by atoms with van der Waals surface area (Å²) in [6.45, 7) is 0. The number of rotatable bonds is 4. The first-order valence-electron chi connectivity index (χ1n) is 5.78. The van der Waals surface area contributed by atoms with Gasteiger partial charge in [0.2, 0.25) is 0 Å². The Hall–Kier alpha value is -2.07. The summed E-state index contributed by atoms with van der Waals surface area (Å²) < 4.78 is 23.5. The molecule has 0 unspecified atom stereocenters. The average molecular weight is 295 g/mol. The molecule has 0 atom stereocenters. The lowest BCUT2D eigenvalue weighted by molar-refractivity contribution is 0.103. The number of ether oxygens (including phenoxy) is 2. The molecule has 0 fully saturated rings. The zero-order chi connectivity index (χ0) is 14.7. The molecule has 3 nitrogen and oxygen atoms in total. The molecule has 5 heteroatoms. The Morgan fingerprint density at radius 3 is 2.45 bits per heavy atom. The van der Waals surface area contributed by atoms with Crippen molar-refractivity contribution < 1.29 is 18.7 Å². The van der Waals surface area contributed by atoms with E-state index in [1.807, 2.05) is 0 Å². The highest BCUT2D eigenvalue weighted by molar-refractivity contribution is 6.35. The van der Waals surface area contributed by atoms with Crippen LogP contribution in [0, 0.1) is 5.82 Å². The first-order valence-corrected chi connectivity index (χ1v) is 6.16. The van der Waals surface area contributed by atoms with Gasteiger partial charge in [0.1, 0.15) is 17.3 Å². The normalized spacial score (nSPS) is 10.2. The molecule has 0 aliphatic heterocycles. The molecule has 0 bridgehead atoms. The molecule has 2 aromatic carbocycles. The highest BCUT2D eigenvalue weighted by Gasteiger charge is 2.18. The van der Waals surface area contributed by atoms with E-state index in [0.717, 1.165) is 6.07 Å². The lowest BCUT2D eigenvalue weighted by Gasteiger charge is -2.10. The second-order valence-electron chi connectivity index (χ2n) is 4.02. The van der Waals surface area contributed by atoms with Gasteiger partial charge in [0.25, 0.3) is 0 Å². The van der Waals surface area contributed by atoms with Crippen LogP contribution in [0.15, 0.2) is 36.4 Å².